The molecule has 0 spiro atoms. The molecule has 3 rings (SSSR count). The molecule has 0 aliphatic carbocycles. The van der Waals surface area contributed by atoms with Gasteiger partial charge in [0, 0.05) is 17.3 Å². The largest absolute Gasteiger partial charge is 0.403 e. The maximum atomic E-state index is 12.2. The Bertz CT molecular complexity index is 1030. The van der Waals surface area contributed by atoms with E-state index in [4.69, 9.17) is 16.3 Å². The van der Waals surface area contributed by atoms with Gasteiger partial charge < -0.3 is 4.74 Å². The van der Waals surface area contributed by atoms with Gasteiger partial charge in [-0.15, -0.1) is 0 Å². The van der Waals surface area contributed by atoms with Crippen LogP contribution in [0.1, 0.15) is 10.4 Å². The van der Waals surface area contributed by atoms with Crippen molar-refractivity contribution in [3.63, 3.8) is 0 Å². The summed E-state index contributed by atoms with van der Waals surface area (Å²) >= 11 is 5.70. The molecule has 8 nitrogen and oxygen atoms in total. The van der Waals surface area contributed by atoms with Crippen molar-refractivity contribution >= 4 is 28.9 Å². The molecule has 0 bridgehead atoms. The average molecular weight is 346 g/mol. The molecule has 0 unspecified atom stereocenters. The van der Waals surface area contributed by atoms with Crippen LogP contribution in [-0.2, 0) is 0 Å². The second-order valence-corrected chi connectivity index (χ2v) is 5.11. The summed E-state index contributed by atoms with van der Waals surface area (Å²) < 4.78 is 6.28. The number of halogens is 1. The molecule has 24 heavy (non-hydrogen) atoms. The zero-order valence-electron chi connectivity index (χ0n) is 11.9. The third-order valence-corrected chi connectivity index (χ3v) is 3.36. The average Bonchev–Trinajstić information content (AvgIpc) is 2.54. The van der Waals surface area contributed by atoms with Crippen LogP contribution in [0.4, 0.5) is 5.69 Å². The van der Waals surface area contributed by atoms with E-state index in [0.717, 1.165) is 12.1 Å². The molecule has 1 aromatic carbocycles. The highest BCUT2D eigenvalue weighted by atomic mass is 35.5. The van der Waals surface area contributed by atoms with E-state index in [2.05, 4.69) is 4.98 Å². The van der Waals surface area contributed by atoms with Gasteiger partial charge in [-0.2, -0.15) is 4.98 Å². The number of pyridine rings is 1. The zero-order valence-corrected chi connectivity index (χ0v) is 12.6. The zero-order chi connectivity index (χ0) is 17.3. The van der Waals surface area contributed by atoms with Gasteiger partial charge in [0.1, 0.15) is 11.2 Å². The Kier molecular flexibility index (Phi) is 3.97. The van der Waals surface area contributed by atoms with Crippen LogP contribution in [0.3, 0.4) is 0 Å². The van der Waals surface area contributed by atoms with Gasteiger partial charge in [0.15, 0.2) is 0 Å². The lowest BCUT2D eigenvalue weighted by Crippen LogP contribution is -2.17. The summed E-state index contributed by atoms with van der Waals surface area (Å²) in [4.78, 5) is 38.4. The lowest BCUT2D eigenvalue weighted by Gasteiger charge is -2.06. The molecule has 0 radical (unpaired) electrons. The fourth-order valence-electron chi connectivity index (χ4n) is 2.06. The topological polar surface area (TPSA) is 104 Å². The Morgan fingerprint density at radius 1 is 1.25 bits per heavy atom. The molecule has 0 fully saturated rings. The van der Waals surface area contributed by atoms with Crippen molar-refractivity contribution in [2.24, 2.45) is 0 Å². The lowest BCUT2D eigenvalue weighted by atomic mass is 10.2. The molecule has 0 N–H and O–H groups in total. The second-order valence-electron chi connectivity index (χ2n) is 4.67. The number of hydrogen-bond acceptors (Lipinski definition) is 6. The number of fused-ring (bicyclic) bond motifs is 1. The van der Waals surface area contributed by atoms with Crippen molar-refractivity contribution in [3.05, 3.63) is 79.7 Å². The van der Waals surface area contributed by atoms with Gasteiger partial charge >= 0.3 is 5.97 Å². The van der Waals surface area contributed by atoms with Crippen molar-refractivity contribution in [2.75, 3.05) is 0 Å². The van der Waals surface area contributed by atoms with Crippen LogP contribution in [0.25, 0.3) is 5.65 Å². The van der Waals surface area contributed by atoms with Gasteiger partial charge in [0.25, 0.3) is 11.2 Å². The molecule has 0 amide bonds. The number of nitro benzene ring substituents is 1. The molecule has 3 aromatic rings. The Morgan fingerprint density at radius 3 is 2.79 bits per heavy atom. The Morgan fingerprint density at radius 2 is 2.04 bits per heavy atom. The summed E-state index contributed by atoms with van der Waals surface area (Å²) in [5, 5.41) is 11.1. The third kappa shape index (κ3) is 2.95. The summed E-state index contributed by atoms with van der Waals surface area (Å²) in [6.07, 6.45) is 1.51. The normalized spacial score (nSPS) is 10.5. The van der Waals surface area contributed by atoms with Crippen LogP contribution in [0.15, 0.2) is 53.5 Å². The summed E-state index contributed by atoms with van der Waals surface area (Å²) in [7, 11) is 0. The molecule has 0 aliphatic rings. The maximum Gasteiger partial charge on any atom is 0.351 e. The minimum absolute atomic E-state index is 0.111. The summed E-state index contributed by atoms with van der Waals surface area (Å²) in [5.74, 6) is -1.26. The van der Waals surface area contributed by atoms with Gasteiger partial charge in [-0.1, -0.05) is 17.7 Å². The molecular formula is C15H8ClN3O5. The first-order valence-corrected chi connectivity index (χ1v) is 6.98. The van der Waals surface area contributed by atoms with Crippen molar-refractivity contribution in [1.82, 2.24) is 9.38 Å². The highest BCUT2D eigenvalue weighted by molar-refractivity contribution is 6.31. The van der Waals surface area contributed by atoms with Crippen LogP contribution in [0.5, 0.6) is 5.88 Å². The summed E-state index contributed by atoms with van der Waals surface area (Å²) in [6.45, 7) is 0. The summed E-state index contributed by atoms with van der Waals surface area (Å²) in [6, 6.07) is 9.44. The second kappa shape index (κ2) is 6.09. The number of aromatic nitrogens is 2. The minimum Gasteiger partial charge on any atom is -0.403 e. The molecule has 2 heterocycles. The standard InChI is InChI=1S/C15H8ClN3O5/c16-9-4-5-10(11(7-9)19(22)23)15(21)24-13-8-14(20)18-6-2-1-3-12(18)17-13/h1-8H. The van der Waals surface area contributed by atoms with Gasteiger partial charge in [0.2, 0.25) is 5.88 Å². The van der Waals surface area contributed by atoms with E-state index in [1.54, 1.807) is 18.2 Å². The molecule has 9 heteroatoms. The smallest absolute Gasteiger partial charge is 0.351 e. The Labute approximate surface area is 139 Å². The van der Waals surface area contributed by atoms with E-state index in [1.165, 1.54) is 22.7 Å². The van der Waals surface area contributed by atoms with Gasteiger partial charge in [-0.25, -0.2) is 4.79 Å². The predicted octanol–water partition coefficient (Wildman–Crippen LogP) is 2.48. The molecule has 2 aromatic heterocycles. The number of ether oxygens (including phenoxy) is 1. The number of carbonyl (C=O) groups excluding carboxylic acids is 1. The van der Waals surface area contributed by atoms with Gasteiger partial charge in [0.05, 0.1) is 11.0 Å². The number of nitrogens with zero attached hydrogens (tertiary/aromatic N) is 3. The number of hydrogen-bond donors (Lipinski definition) is 0. The third-order valence-electron chi connectivity index (χ3n) is 3.12. The van der Waals surface area contributed by atoms with E-state index in [0.29, 0.717) is 0 Å². The van der Waals surface area contributed by atoms with E-state index in [9.17, 15) is 19.7 Å². The van der Waals surface area contributed by atoms with Crippen molar-refractivity contribution in [3.8, 4) is 5.88 Å². The van der Waals surface area contributed by atoms with Crippen LogP contribution >= 0.6 is 11.6 Å². The minimum atomic E-state index is -1.01. The Hall–Kier alpha value is -3.26. The number of benzene rings is 1. The van der Waals surface area contributed by atoms with Gasteiger partial charge in [-0.05, 0) is 24.3 Å². The highest BCUT2D eigenvalue weighted by Gasteiger charge is 2.23. The number of nitro groups is 1. The first-order chi connectivity index (χ1) is 11.5. The quantitative estimate of drug-likeness (QED) is 0.410. The number of esters is 1. The van der Waals surface area contributed by atoms with E-state index in [1.807, 2.05) is 0 Å². The van der Waals surface area contributed by atoms with Crippen LogP contribution in [0.2, 0.25) is 5.02 Å². The summed E-state index contributed by atoms with van der Waals surface area (Å²) in [5.41, 5.74) is -0.961. The number of carbonyl (C=O) groups is 1. The van der Waals surface area contributed by atoms with Crippen molar-refractivity contribution in [1.29, 1.82) is 0 Å². The van der Waals surface area contributed by atoms with Crippen LogP contribution in [-0.4, -0.2) is 20.3 Å². The van der Waals surface area contributed by atoms with Gasteiger partial charge in [-0.3, -0.25) is 19.3 Å². The van der Waals surface area contributed by atoms with E-state index >= 15 is 0 Å². The molecule has 0 saturated carbocycles. The number of rotatable bonds is 3. The van der Waals surface area contributed by atoms with Crippen molar-refractivity contribution in [2.45, 2.75) is 0 Å². The SMILES string of the molecule is O=C(Oc1cc(=O)n2ccccc2n1)c1ccc(Cl)cc1[N+](=O)[O-]. The monoisotopic (exact) mass is 345 g/mol. The van der Waals surface area contributed by atoms with E-state index in [-0.39, 0.29) is 22.1 Å². The van der Waals surface area contributed by atoms with Crippen LogP contribution < -0.4 is 10.3 Å². The van der Waals surface area contributed by atoms with E-state index < -0.39 is 22.1 Å². The first kappa shape index (κ1) is 15.6. The first-order valence-electron chi connectivity index (χ1n) is 6.60. The predicted molar refractivity (Wildman–Crippen MR) is 84.5 cm³/mol. The van der Waals surface area contributed by atoms with Crippen molar-refractivity contribution < 1.29 is 14.5 Å². The highest BCUT2D eigenvalue weighted by Crippen LogP contribution is 2.24. The fraction of sp³-hybridized carbons (Fsp3) is 0. The Balaban J connectivity index is 1.99. The molecule has 0 atom stereocenters. The molecule has 0 saturated heterocycles. The fourth-order valence-corrected chi connectivity index (χ4v) is 2.23. The lowest BCUT2D eigenvalue weighted by molar-refractivity contribution is -0.385. The maximum absolute atomic E-state index is 12.2. The molecular weight excluding hydrogens is 338 g/mol. The molecule has 120 valence electrons. The molecule has 0 aliphatic heterocycles. The van der Waals surface area contributed by atoms with Crippen LogP contribution in [0, 0.1) is 10.1 Å².